The SMILES string of the molecule is CCC(=O)c1cc(NC(=O)Nc2ccc(OC)c(OC)c2)ccc1OCc1ccccc1Cl. The van der Waals surface area contributed by atoms with Crippen molar-refractivity contribution in [2.45, 2.75) is 20.0 Å². The summed E-state index contributed by atoms with van der Waals surface area (Å²) in [5.41, 5.74) is 2.17. The second-order valence-corrected chi connectivity index (χ2v) is 7.42. The summed E-state index contributed by atoms with van der Waals surface area (Å²) in [5, 5.41) is 6.05. The highest BCUT2D eigenvalue weighted by Gasteiger charge is 2.15. The van der Waals surface area contributed by atoms with E-state index < -0.39 is 6.03 Å². The topological polar surface area (TPSA) is 85.9 Å². The summed E-state index contributed by atoms with van der Waals surface area (Å²) in [6.07, 6.45) is 0.295. The lowest BCUT2D eigenvalue weighted by atomic mass is 10.1. The van der Waals surface area contributed by atoms with E-state index in [4.69, 9.17) is 25.8 Å². The molecule has 8 heteroatoms. The first-order chi connectivity index (χ1) is 15.9. The molecule has 0 bridgehead atoms. The number of methoxy groups -OCH3 is 2. The number of urea groups is 1. The molecule has 0 saturated heterocycles. The summed E-state index contributed by atoms with van der Waals surface area (Å²) in [6, 6.07) is 16.8. The van der Waals surface area contributed by atoms with Gasteiger partial charge in [0.25, 0.3) is 0 Å². The molecule has 3 aromatic rings. The molecule has 0 atom stereocenters. The summed E-state index contributed by atoms with van der Waals surface area (Å²) < 4.78 is 16.3. The molecule has 2 N–H and O–H groups in total. The van der Waals surface area contributed by atoms with E-state index in [1.165, 1.54) is 14.2 Å². The Morgan fingerprint density at radius 3 is 2.12 bits per heavy atom. The summed E-state index contributed by atoms with van der Waals surface area (Å²) in [6.45, 7) is 1.99. The monoisotopic (exact) mass is 468 g/mol. The van der Waals surface area contributed by atoms with Crippen LogP contribution >= 0.6 is 11.6 Å². The van der Waals surface area contributed by atoms with Crippen molar-refractivity contribution in [3.63, 3.8) is 0 Å². The number of halogens is 1. The van der Waals surface area contributed by atoms with Crippen molar-refractivity contribution >= 4 is 34.8 Å². The lowest BCUT2D eigenvalue weighted by Gasteiger charge is -2.14. The minimum absolute atomic E-state index is 0.104. The summed E-state index contributed by atoms with van der Waals surface area (Å²) in [4.78, 5) is 25.0. The number of amides is 2. The molecule has 0 heterocycles. The average molecular weight is 469 g/mol. The normalized spacial score (nSPS) is 10.3. The third-order valence-electron chi connectivity index (χ3n) is 4.84. The van der Waals surface area contributed by atoms with Crippen molar-refractivity contribution in [1.29, 1.82) is 0 Å². The molecule has 0 fully saturated rings. The molecule has 0 aliphatic heterocycles. The Labute approximate surface area is 197 Å². The zero-order valence-corrected chi connectivity index (χ0v) is 19.4. The van der Waals surface area contributed by atoms with Gasteiger partial charge in [-0.1, -0.05) is 36.7 Å². The van der Waals surface area contributed by atoms with Gasteiger partial charge < -0.3 is 24.8 Å². The average Bonchev–Trinajstić information content (AvgIpc) is 2.83. The van der Waals surface area contributed by atoms with Crippen LogP contribution in [0.3, 0.4) is 0 Å². The third-order valence-corrected chi connectivity index (χ3v) is 5.21. The Bertz CT molecular complexity index is 1150. The van der Waals surface area contributed by atoms with Gasteiger partial charge >= 0.3 is 6.03 Å². The fourth-order valence-corrected chi connectivity index (χ4v) is 3.31. The van der Waals surface area contributed by atoms with Gasteiger partial charge in [0.15, 0.2) is 17.3 Å². The quantitative estimate of drug-likeness (QED) is 0.366. The predicted octanol–water partition coefficient (Wildman–Crippen LogP) is 6.17. The predicted molar refractivity (Wildman–Crippen MR) is 129 cm³/mol. The van der Waals surface area contributed by atoms with Crippen LogP contribution in [-0.4, -0.2) is 26.0 Å². The van der Waals surface area contributed by atoms with Crippen molar-refractivity contribution < 1.29 is 23.8 Å². The molecule has 0 spiro atoms. The van der Waals surface area contributed by atoms with Crippen molar-refractivity contribution in [3.8, 4) is 17.2 Å². The lowest BCUT2D eigenvalue weighted by Crippen LogP contribution is -2.19. The number of nitrogens with one attached hydrogen (secondary N) is 2. The van der Waals surface area contributed by atoms with Gasteiger partial charge in [0.1, 0.15) is 12.4 Å². The van der Waals surface area contributed by atoms with Gasteiger partial charge in [-0.25, -0.2) is 4.79 Å². The van der Waals surface area contributed by atoms with Crippen molar-refractivity contribution in [2.24, 2.45) is 0 Å². The van der Waals surface area contributed by atoms with E-state index in [9.17, 15) is 9.59 Å². The fourth-order valence-electron chi connectivity index (χ4n) is 3.12. The third kappa shape index (κ3) is 6.17. The first-order valence-electron chi connectivity index (χ1n) is 10.3. The van der Waals surface area contributed by atoms with Crippen LogP contribution in [0, 0.1) is 0 Å². The van der Waals surface area contributed by atoms with Gasteiger partial charge in [0.05, 0.1) is 19.8 Å². The second kappa shape index (κ2) is 11.2. The van der Waals surface area contributed by atoms with Crippen LogP contribution in [0.4, 0.5) is 16.2 Å². The number of rotatable bonds is 9. The minimum atomic E-state index is -0.471. The number of ether oxygens (including phenoxy) is 3. The molecular weight excluding hydrogens is 444 g/mol. The standard InChI is InChI=1S/C25H25ClN2O5/c1-4-21(29)19-13-17(9-11-22(19)33-15-16-7-5-6-8-20(16)26)27-25(30)28-18-10-12-23(31-2)24(14-18)32-3/h5-14H,4,15H2,1-3H3,(H2,27,28,30). The van der Waals surface area contributed by atoms with Crippen LogP contribution in [0.5, 0.6) is 17.2 Å². The molecule has 0 aliphatic carbocycles. The molecule has 0 aromatic heterocycles. The number of carbonyl (C=O) groups is 2. The number of ketones is 1. The molecule has 3 rings (SSSR count). The molecule has 0 unspecified atom stereocenters. The maximum Gasteiger partial charge on any atom is 0.323 e. The van der Waals surface area contributed by atoms with E-state index in [2.05, 4.69) is 10.6 Å². The Morgan fingerprint density at radius 1 is 0.848 bits per heavy atom. The lowest BCUT2D eigenvalue weighted by molar-refractivity contribution is 0.0983. The molecule has 172 valence electrons. The Hall–Kier alpha value is -3.71. The summed E-state index contributed by atoms with van der Waals surface area (Å²) in [7, 11) is 3.05. The Balaban J connectivity index is 1.73. The maximum atomic E-state index is 12.5. The molecular formula is C25H25ClN2O5. The highest BCUT2D eigenvalue weighted by atomic mass is 35.5. The van der Waals surface area contributed by atoms with E-state index >= 15 is 0 Å². The molecule has 33 heavy (non-hydrogen) atoms. The zero-order chi connectivity index (χ0) is 23.8. The minimum Gasteiger partial charge on any atom is -0.493 e. The van der Waals surface area contributed by atoms with E-state index in [-0.39, 0.29) is 12.4 Å². The molecule has 2 amide bonds. The van der Waals surface area contributed by atoms with Gasteiger partial charge in [0, 0.05) is 34.4 Å². The largest absolute Gasteiger partial charge is 0.493 e. The number of anilines is 2. The van der Waals surface area contributed by atoms with E-state index in [1.807, 2.05) is 18.2 Å². The highest BCUT2D eigenvalue weighted by molar-refractivity contribution is 6.31. The van der Waals surface area contributed by atoms with Crippen LogP contribution in [0.1, 0.15) is 29.3 Å². The first-order valence-corrected chi connectivity index (χ1v) is 10.7. The Morgan fingerprint density at radius 2 is 1.48 bits per heavy atom. The van der Waals surface area contributed by atoms with Crippen LogP contribution in [0.25, 0.3) is 0 Å². The molecule has 3 aromatic carbocycles. The molecule has 7 nitrogen and oxygen atoms in total. The molecule has 0 aliphatic rings. The van der Waals surface area contributed by atoms with E-state index in [0.29, 0.717) is 45.6 Å². The van der Waals surface area contributed by atoms with Crippen LogP contribution in [0.2, 0.25) is 5.02 Å². The van der Waals surface area contributed by atoms with Crippen molar-refractivity contribution in [1.82, 2.24) is 0 Å². The smallest absolute Gasteiger partial charge is 0.323 e. The number of hydrogen-bond donors (Lipinski definition) is 2. The van der Waals surface area contributed by atoms with Crippen molar-refractivity contribution in [2.75, 3.05) is 24.9 Å². The number of benzene rings is 3. The van der Waals surface area contributed by atoms with Gasteiger partial charge in [0.2, 0.25) is 0 Å². The highest BCUT2D eigenvalue weighted by Crippen LogP contribution is 2.30. The van der Waals surface area contributed by atoms with Crippen LogP contribution in [0.15, 0.2) is 60.7 Å². The first kappa shape index (κ1) is 23.9. The van der Waals surface area contributed by atoms with E-state index in [0.717, 1.165) is 5.56 Å². The Kier molecular flexibility index (Phi) is 8.16. The fraction of sp³-hybridized carbons (Fsp3) is 0.200. The van der Waals surface area contributed by atoms with Gasteiger partial charge in [-0.15, -0.1) is 0 Å². The van der Waals surface area contributed by atoms with Gasteiger partial charge in [-0.3, -0.25) is 4.79 Å². The summed E-state index contributed by atoms with van der Waals surface area (Å²) >= 11 is 6.19. The summed E-state index contributed by atoms with van der Waals surface area (Å²) in [5.74, 6) is 1.37. The zero-order valence-electron chi connectivity index (χ0n) is 18.6. The van der Waals surface area contributed by atoms with Crippen LogP contribution in [-0.2, 0) is 6.61 Å². The number of hydrogen-bond acceptors (Lipinski definition) is 5. The van der Waals surface area contributed by atoms with Crippen molar-refractivity contribution in [3.05, 3.63) is 76.8 Å². The van der Waals surface area contributed by atoms with Gasteiger partial charge in [-0.2, -0.15) is 0 Å². The number of carbonyl (C=O) groups excluding carboxylic acids is 2. The van der Waals surface area contributed by atoms with E-state index in [1.54, 1.807) is 49.4 Å². The maximum absolute atomic E-state index is 12.5. The molecule has 0 radical (unpaired) electrons. The van der Waals surface area contributed by atoms with Gasteiger partial charge in [-0.05, 0) is 36.4 Å². The second-order valence-electron chi connectivity index (χ2n) is 7.02. The number of Topliss-reactive ketones (excluding diaryl/α,β-unsaturated/α-hetero) is 1. The van der Waals surface area contributed by atoms with Crippen LogP contribution < -0.4 is 24.8 Å². The molecule has 0 saturated carbocycles.